The van der Waals surface area contributed by atoms with E-state index in [0.717, 1.165) is 43.2 Å². The molecule has 32 heavy (non-hydrogen) atoms. The van der Waals surface area contributed by atoms with Crippen molar-refractivity contribution in [2.45, 2.75) is 0 Å². The van der Waals surface area contributed by atoms with Gasteiger partial charge in [-0.2, -0.15) is 5.26 Å². The third-order valence-corrected chi connectivity index (χ3v) is 5.78. The average Bonchev–Trinajstić information content (AvgIpc) is 2.77. The van der Waals surface area contributed by atoms with E-state index in [9.17, 15) is 4.79 Å². The van der Waals surface area contributed by atoms with Crippen molar-refractivity contribution < 1.29 is 9.53 Å². The van der Waals surface area contributed by atoms with Crippen molar-refractivity contribution >= 4 is 23.2 Å². The summed E-state index contributed by atoms with van der Waals surface area (Å²) in [4.78, 5) is 23.2. The standard InChI is InChI=1S/C24H22N6O2/c25-10-12-26-22(31)18-3-1-17(2-4-18)21-9-11-27-23(29-21)28-19-5-7-20(8-6-19)30-13-24(14-30)15-32-16-24/h1-9,11H,12-16H2,(H,26,31)(H,27,28,29). The molecule has 2 fully saturated rings. The van der Waals surface area contributed by atoms with Crippen molar-refractivity contribution in [3.8, 4) is 17.3 Å². The summed E-state index contributed by atoms with van der Waals surface area (Å²) in [5, 5.41) is 14.4. The first-order valence-corrected chi connectivity index (χ1v) is 10.4. The predicted molar refractivity (Wildman–Crippen MR) is 121 cm³/mol. The SMILES string of the molecule is N#CCNC(=O)c1ccc(-c2ccnc(Nc3ccc(N4CC5(COC5)C4)cc3)n2)cc1. The van der Waals surface area contributed by atoms with Gasteiger partial charge in [0.25, 0.3) is 5.91 Å². The van der Waals surface area contributed by atoms with Gasteiger partial charge in [0.1, 0.15) is 6.54 Å². The molecule has 0 unspecified atom stereocenters. The van der Waals surface area contributed by atoms with Gasteiger partial charge in [0, 0.05) is 41.8 Å². The van der Waals surface area contributed by atoms with Crippen LogP contribution in [0, 0.1) is 16.7 Å². The fourth-order valence-electron chi connectivity index (χ4n) is 4.00. The van der Waals surface area contributed by atoms with Crippen LogP contribution in [0.15, 0.2) is 60.8 Å². The molecule has 1 spiro atoms. The van der Waals surface area contributed by atoms with Gasteiger partial charge in [-0.05, 0) is 42.5 Å². The molecule has 3 heterocycles. The normalized spacial score (nSPS) is 15.9. The molecule has 5 rings (SSSR count). The fourth-order valence-corrected chi connectivity index (χ4v) is 4.00. The van der Waals surface area contributed by atoms with E-state index in [4.69, 9.17) is 10.00 Å². The van der Waals surface area contributed by atoms with Gasteiger partial charge < -0.3 is 20.3 Å². The summed E-state index contributed by atoms with van der Waals surface area (Å²) in [5.74, 6) is 0.224. The van der Waals surface area contributed by atoms with Gasteiger partial charge in [-0.3, -0.25) is 4.79 Å². The molecule has 3 aromatic rings. The van der Waals surface area contributed by atoms with Crippen molar-refractivity contribution in [2.75, 3.05) is 43.1 Å². The van der Waals surface area contributed by atoms with Crippen LogP contribution in [0.4, 0.5) is 17.3 Å². The van der Waals surface area contributed by atoms with Gasteiger partial charge in [-0.15, -0.1) is 0 Å². The fraction of sp³-hybridized carbons (Fsp3) is 0.250. The highest BCUT2D eigenvalue weighted by Crippen LogP contribution is 2.40. The van der Waals surface area contributed by atoms with Gasteiger partial charge >= 0.3 is 0 Å². The lowest BCUT2D eigenvalue weighted by atomic mass is 9.78. The van der Waals surface area contributed by atoms with E-state index in [1.54, 1.807) is 18.3 Å². The molecular formula is C24H22N6O2. The van der Waals surface area contributed by atoms with E-state index in [2.05, 4.69) is 37.6 Å². The van der Waals surface area contributed by atoms with E-state index in [1.165, 1.54) is 5.69 Å². The maximum absolute atomic E-state index is 11.9. The van der Waals surface area contributed by atoms with E-state index in [1.807, 2.05) is 36.4 Å². The highest BCUT2D eigenvalue weighted by Gasteiger charge is 2.48. The molecule has 0 atom stereocenters. The van der Waals surface area contributed by atoms with Crippen molar-refractivity contribution in [3.63, 3.8) is 0 Å². The number of hydrogen-bond acceptors (Lipinski definition) is 7. The second kappa shape index (κ2) is 8.29. The summed E-state index contributed by atoms with van der Waals surface area (Å²) < 4.78 is 5.34. The molecule has 8 nitrogen and oxygen atoms in total. The Hall–Kier alpha value is -3.96. The Bertz CT molecular complexity index is 1160. The minimum atomic E-state index is -0.277. The highest BCUT2D eigenvalue weighted by atomic mass is 16.5. The number of benzene rings is 2. The molecular weight excluding hydrogens is 404 g/mol. The quantitative estimate of drug-likeness (QED) is 0.584. The second-order valence-electron chi connectivity index (χ2n) is 8.20. The van der Waals surface area contributed by atoms with Crippen LogP contribution in [0.3, 0.4) is 0 Å². The smallest absolute Gasteiger partial charge is 0.252 e. The molecule has 2 aromatic carbocycles. The number of hydrogen-bond donors (Lipinski definition) is 2. The Morgan fingerprint density at radius 2 is 1.84 bits per heavy atom. The highest BCUT2D eigenvalue weighted by molar-refractivity contribution is 5.94. The van der Waals surface area contributed by atoms with Crippen LogP contribution in [-0.2, 0) is 4.74 Å². The Kier molecular flexibility index (Phi) is 5.17. The number of nitrogens with one attached hydrogen (secondary N) is 2. The minimum absolute atomic E-state index is 0.0176. The van der Waals surface area contributed by atoms with Crippen LogP contribution in [0.2, 0.25) is 0 Å². The van der Waals surface area contributed by atoms with Crippen molar-refractivity contribution in [3.05, 3.63) is 66.4 Å². The number of amides is 1. The molecule has 1 aromatic heterocycles. The number of ether oxygens (including phenoxy) is 1. The first-order valence-electron chi connectivity index (χ1n) is 10.4. The monoisotopic (exact) mass is 426 g/mol. The second-order valence-corrected chi connectivity index (χ2v) is 8.20. The number of rotatable bonds is 6. The van der Waals surface area contributed by atoms with Crippen LogP contribution in [0.1, 0.15) is 10.4 Å². The van der Waals surface area contributed by atoms with Gasteiger partial charge in [0.05, 0.1) is 30.4 Å². The first-order chi connectivity index (χ1) is 15.6. The maximum Gasteiger partial charge on any atom is 0.252 e. The molecule has 160 valence electrons. The number of nitrogens with zero attached hydrogens (tertiary/aromatic N) is 4. The summed E-state index contributed by atoms with van der Waals surface area (Å²) in [6.07, 6.45) is 1.70. The number of nitriles is 1. The lowest BCUT2D eigenvalue weighted by Crippen LogP contribution is -2.66. The van der Waals surface area contributed by atoms with Crippen molar-refractivity contribution in [1.29, 1.82) is 5.26 Å². The molecule has 2 aliphatic heterocycles. The Morgan fingerprint density at radius 1 is 1.09 bits per heavy atom. The molecule has 0 bridgehead atoms. The van der Waals surface area contributed by atoms with Crippen LogP contribution < -0.4 is 15.5 Å². The molecule has 2 aliphatic rings. The number of anilines is 3. The maximum atomic E-state index is 11.9. The third-order valence-electron chi connectivity index (χ3n) is 5.78. The van der Waals surface area contributed by atoms with E-state index < -0.39 is 0 Å². The molecule has 2 saturated heterocycles. The van der Waals surface area contributed by atoms with Crippen LogP contribution in [-0.4, -0.2) is 48.7 Å². The zero-order valence-corrected chi connectivity index (χ0v) is 17.4. The third kappa shape index (κ3) is 3.98. The molecule has 8 heteroatoms. The average molecular weight is 426 g/mol. The molecule has 0 aliphatic carbocycles. The van der Waals surface area contributed by atoms with Gasteiger partial charge in [-0.1, -0.05) is 12.1 Å². The summed E-state index contributed by atoms with van der Waals surface area (Å²) in [6.45, 7) is 3.87. The molecule has 1 amide bonds. The molecule has 0 saturated carbocycles. The van der Waals surface area contributed by atoms with Gasteiger partial charge in [-0.25, -0.2) is 9.97 Å². The van der Waals surface area contributed by atoms with Crippen LogP contribution >= 0.6 is 0 Å². The topological polar surface area (TPSA) is 103 Å². The van der Waals surface area contributed by atoms with Crippen LogP contribution in [0.5, 0.6) is 0 Å². The van der Waals surface area contributed by atoms with E-state index >= 15 is 0 Å². The van der Waals surface area contributed by atoms with Crippen molar-refractivity contribution in [1.82, 2.24) is 15.3 Å². The zero-order chi connectivity index (χ0) is 22.0. The lowest BCUT2D eigenvalue weighted by molar-refractivity contribution is -0.127. The van der Waals surface area contributed by atoms with Gasteiger partial charge in [0.15, 0.2) is 0 Å². The summed E-state index contributed by atoms with van der Waals surface area (Å²) >= 11 is 0. The number of carbonyl (C=O) groups is 1. The van der Waals surface area contributed by atoms with E-state index in [-0.39, 0.29) is 12.5 Å². The zero-order valence-electron chi connectivity index (χ0n) is 17.4. The van der Waals surface area contributed by atoms with Gasteiger partial charge in [0.2, 0.25) is 5.95 Å². The Labute approximate surface area is 185 Å². The minimum Gasteiger partial charge on any atom is -0.380 e. The summed E-state index contributed by atoms with van der Waals surface area (Å²) in [6, 6.07) is 19.1. The molecule has 2 N–H and O–H groups in total. The Morgan fingerprint density at radius 3 is 2.50 bits per heavy atom. The van der Waals surface area contributed by atoms with Crippen LogP contribution in [0.25, 0.3) is 11.3 Å². The van der Waals surface area contributed by atoms with E-state index in [0.29, 0.717) is 16.9 Å². The molecule has 0 radical (unpaired) electrons. The Balaban J connectivity index is 1.23. The number of aromatic nitrogens is 2. The lowest BCUT2D eigenvalue weighted by Gasteiger charge is -2.56. The predicted octanol–water partition coefficient (Wildman–Crippen LogP) is 2.98. The largest absolute Gasteiger partial charge is 0.380 e. The summed E-state index contributed by atoms with van der Waals surface area (Å²) in [7, 11) is 0. The number of carbonyl (C=O) groups excluding carboxylic acids is 1. The summed E-state index contributed by atoms with van der Waals surface area (Å²) in [5.41, 5.74) is 4.63. The first kappa shape index (κ1) is 20.0. The van der Waals surface area contributed by atoms with Crippen molar-refractivity contribution in [2.24, 2.45) is 5.41 Å².